The zero-order valence-electron chi connectivity index (χ0n) is 21.8. The molecule has 0 saturated heterocycles. The lowest BCUT2D eigenvalue weighted by Gasteiger charge is -2.22. The molecule has 206 valence electrons. The molecule has 6 heteroatoms. The number of halogens is 6. The summed E-state index contributed by atoms with van der Waals surface area (Å²) in [5, 5.41) is 7.35. The van der Waals surface area contributed by atoms with Gasteiger partial charge in [-0.25, -0.2) is 0 Å². The van der Waals surface area contributed by atoms with Gasteiger partial charge in [-0.2, -0.15) is 26.3 Å². The van der Waals surface area contributed by atoms with Crippen molar-refractivity contribution in [3.63, 3.8) is 0 Å². The molecule has 0 aliphatic rings. The minimum atomic E-state index is -4.51. The smallest absolute Gasteiger partial charge is 0.166 e. The first-order chi connectivity index (χ1) is 20.1. The van der Waals surface area contributed by atoms with Crippen molar-refractivity contribution in [2.24, 2.45) is 0 Å². The van der Waals surface area contributed by atoms with E-state index in [-0.39, 0.29) is 0 Å². The van der Waals surface area contributed by atoms with Crippen molar-refractivity contribution in [2.45, 2.75) is 12.4 Å². The van der Waals surface area contributed by atoms with Crippen LogP contribution in [0.4, 0.5) is 26.3 Å². The van der Waals surface area contributed by atoms with E-state index < -0.39 is 23.5 Å². The molecule has 0 radical (unpaired) electrons. The largest absolute Gasteiger partial charge is 0.416 e. The van der Waals surface area contributed by atoms with E-state index in [0.717, 1.165) is 67.4 Å². The minimum absolute atomic E-state index is 0.535. The number of hydrogen-bond donors (Lipinski definition) is 0. The zero-order valence-corrected chi connectivity index (χ0v) is 21.8. The highest BCUT2D eigenvalue weighted by molar-refractivity contribution is 6.37. The molecule has 0 unspecified atom stereocenters. The van der Waals surface area contributed by atoms with E-state index in [1.54, 1.807) is 0 Å². The van der Waals surface area contributed by atoms with Gasteiger partial charge in [-0.15, -0.1) is 0 Å². The Hall–Kier alpha value is -4.84. The van der Waals surface area contributed by atoms with Crippen molar-refractivity contribution in [2.75, 3.05) is 0 Å². The Balaban J connectivity index is 1.73. The molecule has 42 heavy (non-hydrogen) atoms. The van der Waals surface area contributed by atoms with Crippen LogP contribution < -0.4 is 0 Å². The third kappa shape index (κ3) is 4.09. The van der Waals surface area contributed by atoms with Crippen LogP contribution in [0, 0.1) is 0 Å². The molecule has 7 rings (SSSR count). The summed E-state index contributed by atoms with van der Waals surface area (Å²) in [4.78, 5) is 0. The van der Waals surface area contributed by atoms with Gasteiger partial charge < -0.3 is 0 Å². The third-order valence-electron chi connectivity index (χ3n) is 7.90. The third-order valence-corrected chi connectivity index (χ3v) is 7.90. The zero-order chi connectivity index (χ0) is 29.2. The van der Waals surface area contributed by atoms with E-state index in [0.29, 0.717) is 22.3 Å². The molecule has 7 aromatic carbocycles. The van der Waals surface area contributed by atoms with Gasteiger partial charge in [-0.05, 0) is 89.6 Å². The van der Waals surface area contributed by atoms with Crippen LogP contribution in [0.15, 0.2) is 121 Å². The maximum atomic E-state index is 13.6. The molecule has 7 aromatic rings. The van der Waals surface area contributed by atoms with Crippen molar-refractivity contribution in [1.29, 1.82) is 0 Å². The Morgan fingerprint density at radius 1 is 0.310 bits per heavy atom. The summed E-state index contributed by atoms with van der Waals surface area (Å²) < 4.78 is 81.1. The Morgan fingerprint density at radius 2 is 0.643 bits per heavy atom. The highest BCUT2D eigenvalue weighted by Gasteiger charge is 2.32. The van der Waals surface area contributed by atoms with E-state index in [1.807, 2.05) is 72.8 Å². The molecule has 0 aliphatic heterocycles. The fourth-order valence-electron chi connectivity index (χ4n) is 6.10. The predicted molar refractivity (Wildman–Crippen MR) is 157 cm³/mol. The van der Waals surface area contributed by atoms with Gasteiger partial charge in [0.1, 0.15) is 0 Å². The number of fused-ring (bicyclic) bond motifs is 8. The van der Waals surface area contributed by atoms with Crippen LogP contribution in [0.3, 0.4) is 0 Å². The number of hydrogen-bond acceptors (Lipinski definition) is 0. The van der Waals surface area contributed by atoms with E-state index in [2.05, 4.69) is 0 Å². The van der Waals surface area contributed by atoms with Crippen molar-refractivity contribution in [3.8, 4) is 22.3 Å². The molecule has 0 atom stereocenters. The summed E-state index contributed by atoms with van der Waals surface area (Å²) in [5.74, 6) is 0. The fraction of sp³-hybridized carbons (Fsp3) is 0.0556. The second-order valence-corrected chi connectivity index (χ2v) is 10.3. The molecule has 0 N–H and O–H groups in total. The summed E-state index contributed by atoms with van der Waals surface area (Å²) in [6, 6.07) is 33.5. The van der Waals surface area contributed by atoms with Crippen LogP contribution in [0.1, 0.15) is 11.1 Å². The topological polar surface area (TPSA) is 0 Å². The predicted octanol–water partition coefficient (Wildman–Crippen LogP) is 11.7. The Kier molecular flexibility index (Phi) is 5.80. The first kappa shape index (κ1) is 26.1. The van der Waals surface area contributed by atoms with Crippen LogP contribution in [-0.2, 0) is 12.4 Å². The van der Waals surface area contributed by atoms with Crippen LogP contribution in [0.2, 0.25) is 0 Å². The van der Waals surface area contributed by atoms with Gasteiger partial charge in [-0.3, -0.25) is 0 Å². The van der Waals surface area contributed by atoms with Gasteiger partial charge in [0, 0.05) is 0 Å². The lowest BCUT2D eigenvalue weighted by atomic mass is 9.81. The quantitative estimate of drug-likeness (QED) is 0.144. The molecule has 0 bridgehead atoms. The SMILES string of the molecule is FC(F)(F)c1ccc(-c2c(-c3ccc(C(F)(F)F)cc3)c3c4ccccc4c4ccccc4c3c3ccccc23)cc1. The van der Waals surface area contributed by atoms with E-state index >= 15 is 0 Å². The van der Waals surface area contributed by atoms with Crippen LogP contribution in [0.5, 0.6) is 0 Å². The number of rotatable bonds is 2. The number of benzene rings is 7. The van der Waals surface area contributed by atoms with Gasteiger partial charge >= 0.3 is 12.4 Å². The maximum absolute atomic E-state index is 13.6. The summed E-state index contributed by atoms with van der Waals surface area (Å²) in [5.41, 5.74) is 0.847. The monoisotopic (exact) mass is 566 g/mol. The van der Waals surface area contributed by atoms with Crippen LogP contribution >= 0.6 is 0 Å². The molecular weight excluding hydrogens is 546 g/mol. The van der Waals surface area contributed by atoms with Gasteiger partial charge in [0.2, 0.25) is 0 Å². The molecular formula is C36H20F6. The molecule has 0 aliphatic carbocycles. The van der Waals surface area contributed by atoms with Crippen molar-refractivity contribution < 1.29 is 26.3 Å². The van der Waals surface area contributed by atoms with E-state index in [4.69, 9.17) is 0 Å². The van der Waals surface area contributed by atoms with E-state index in [1.165, 1.54) is 24.3 Å². The number of alkyl halides is 6. The fourth-order valence-corrected chi connectivity index (χ4v) is 6.10. The van der Waals surface area contributed by atoms with Crippen LogP contribution in [-0.4, -0.2) is 0 Å². The van der Waals surface area contributed by atoms with Gasteiger partial charge in [0.25, 0.3) is 0 Å². The highest BCUT2D eigenvalue weighted by atomic mass is 19.4. The summed E-state index contributed by atoms with van der Waals surface area (Å²) >= 11 is 0. The van der Waals surface area contributed by atoms with Gasteiger partial charge in [-0.1, -0.05) is 97.1 Å². The van der Waals surface area contributed by atoms with Crippen molar-refractivity contribution in [3.05, 3.63) is 132 Å². The van der Waals surface area contributed by atoms with Crippen molar-refractivity contribution >= 4 is 43.1 Å². The van der Waals surface area contributed by atoms with Gasteiger partial charge in [0.15, 0.2) is 0 Å². The summed E-state index contributed by atoms with van der Waals surface area (Å²) in [6.45, 7) is 0. The molecule has 0 amide bonds. The average molecular weight is 567 g/mol. The first-order valence-electron chi connectivity index (χ1n) is 13.3. The normalized spacial score (nSPS) is 12.5. The second kappa shape index (κ2) is 9.35. The second-order valence-electron chi connectivity index (χ2n) is 10.3. The molecule has 0 heterocycles. The van der Waals surface area contributed by atoms with Crippen molar-refractivity contribution in [1.82, 2.24) is 0 Å². The Labute approximate surface area is 236 Å². The standard InChI is InChI=1S/C36H20F6/c37-35(38,39)23-17-13-21(14-18-23)31-29-11-5-6-12-30(29)33-27-9-3-1-7-25(27)26-8-2-4-10-28(26)34(33)32(31)22-15-19-24(20-16-22)36(40,41)42/h1-20H. The highest BCUT2D eigenvalue weighted by Crippen LogP contribution is 2.50. The molecule has 0 saturated carbocycles. The molecule has 0 spiro atoms. The molecule has 0 aromatic heterocycles. The summed E-state index contributed by atoms with van der Waals surface area (Å²) in [7, 11) is 0. The Bertz CT molecular complexity index is 2130. The maximum Gasteiger partial charge on any atom is 0.416 e. The van der Waals surface area contributed by atoms with Gasteiger partial charge in [0.05, 0.1) is 11.1 Å². The lowest BCUT2D eigenvalue weighted by Crippen LogP contribution is -2.04. The molecule has 0 nitrogen and oxygen atoms in total. The molecule has 0 fully saturated rings. The van der Waals surface area contributed by atoms with E-state index in [9.17, 15) is 26.3 Å². The average Bonchev–Trinajstić information content (AvgIpc) is 2.99. The minimum Gasteiger partial charge on any atom is -0.166 e. The Morgan fingerprint density at radius 3 is 1.07 bits per heavy atom. The summed E-state index contributed by atoms with van der Waals surface area (Å²) in [6.07, 6.45) is -9.02. The lowest BCUT2D eigenvalue weighted by molar-refractivity contribution is -0.138. The van der Waals surface area contributed by atoms with Crippen LogP contribution in [0.25, 0.3) is 65.3 Å². The first-order valence-corrected chi connectivity index (χ1v) is 13.3.